The van der Waals surface area contributed by atoms with Crippen LogP contribution in [-0.2, 0) is 14.3 Å². The van der Waals surface area contributed by atoms with Gasteiger partial charge in [-0.2, -0.15) is 0 Å². The minimum atomic E-state index is -1.13. The number of nitrogen functional groups attached to an aromatic ring is 1. The first-order valence-electron chi connectivity index (χ1n) is 11.7. The highest BCUT2D eigenvalue weighted by Gasteiger charge is 2.29. The van der Waals surface area contributed by atoms with Crippen molar-refractivity contribution in [2.45, 2.75) is 26.1 Å². The van der Waals surface area contributed by atoms with Gasteiger partial charge in [-0.1, -0.05) is 28.1 Å². The number of Topliss-reactive ketones (excluding diaryl/α,β-unsaturated/α-hetero) is 1. The van der Waals surface area contributed by atoms with E-state index in [1.165, 1.54) is 25.1 Å². The molecule has 0 spiro atoms. The number of amides is 2. The van der Waals surface area contributed by atoms with E-state index in [1.807, 2.05) is 0 Å². The molecule has 0 radical (unpaired) electrons. The Balaban J connectivity index is 1.85. The Kier molecular flexibility index (Phi) is 10.0. The number of ether oxygens (including phenoxy) is 2. The van der Waals surface area contributed by atoms with Crippen LogP contribution in [0.4, 0.5) is 21.9 Å². The lowest BCUT2D eigenvalue weighted by Crippen LogP contribution is -2.28. The number of ketones is 1. The number of phenolic OH excluding ortho intramolecular Hbond substituents is 1. The largest absolute Gasteiger partial charge is 0.508 e. The van der Waals surface area contributed by atoms with Crippen LogP contribution < -0.4 is 16.4 Å². The molecule has 10 heteroatoms. The quantitative estimate of drug-likeness (QED) is 0.134. The summed E-state index contributed by atoms with van der Waals surface area (Å²) >= 11 is 3.37. The molecule has 38 heavy (non-hydrogen) atoms. The molecule has 0 fully saturated rings. The third kappa shape index (κ3) is 7.92. The van der Waals surface area contributed by atoms with Crippen LogP contribution in [0, 0.1) is 0 Å². The standard InChI is InChI=1S/C28H28BrN3O6/c1-3-37-25(14-15-26(35)32-23-7-5-4-6-22(23)30)27(21-16-19(29)10-13-24(21)34)38-28(36)31-20-11-8-18(9-12-20)17(2)33/h4-16,25,27,34H,3,30H2,1-2H3,(H,31,36)(H,32,35)/b15-14+/t25-,27-/m1/s1. The maximum absolute atomic E-state index is 12.9. The Morgan fingerprint density at radius 1 is 1.05 bits per heavy atom. The molecule has 0 unspecified atom stereocenters. The summed E-state index contributed by atoms with van der Waals surface area (Å²) in [6.07, 6.45) is -0.210. The van der Waals surface area contributed by atoms with Gasteiger partial charge in [0.1, 0.15) is 11.9 Å². The van der Waals surface area contributed by atoms with Gasteiger partial charge in [0.05, 0.1) is 11.4 Å². The summed E-state index contributed by atoms with van der Waals surface area (Å²) in [4.78, 5) is 37.0. The van der Waals surface area contributed by atoms with Gasteiger partial charge in [0, 0.05) is 34.0 Å². The third-order valence-electron chi connectivity index (χ3n) is 5.38. The van der Waals surface area contributed by atoms with Gasteiger partial charge >= 0.3 is 6.09 Å². The molecule has 0 saturated carbocycles. The maximum Gasteiger partial charge on any atom is 0.412 e. The summed E-state index contributed by atoms with van der Waals surface area (Å²) in [5.74, 6) is -0.703. The van der Waals surface area contributed by atoms with Gasteiger partial charge in [-0.15, -0.1) is 0 Å². The van der Waals surface area contributed by atoms with E-state index in [-0.39, 0.29) is 23.7 Å². The topological polar surface area (TPSA) is 140 Å². The van der Waals surface area contributed by atoms with Crippen LogP contribution in [0.3, 0.4) is 0 Å². The molecule has 198 valence electrons. The molecule has 0 bridgehead atoms. The zero-order valence-corrected chi connectivity index (χ0v) is 22.4. The molecule has 2 amide bonds. The Labute approximate surface area is 228 Å². The lowest BCUT2D eigenvalue weighted by atomic mass is 10.0. The van der Waals surface area contributed by atoms with E-state index >= 15 is 0 Å². The first-order chi connectivity index (χ1) is 18.2. The molecule has 2 atom stereocenters. The number of rotatable bonds is 10. The minimum Gasteiger partial charge on any atom is -0.508 e. The predicted molar refractivity (Wildman–Crippen MR) is 149 cm³/mol. The van der Waals surface area contributed by atoms with Crippen molar-refractivity contribution in [1.82, 2.24) is 0 Å². The number of phenols is 1. The van der Waals surface area contributed by atoms with Crippen molar-refractivity contribution in [1.29, 1.82) is 0 Å². The number of anilines is 3. The van der Waals surface area contributed by atoms with Gasteiger partial charge in [0.2, 0.25) is 5.91 Å². The highest BCUT2D eigenvalue weighted by atomic mass is 79.9. The number of carbonyl (C=O) groups is 3. The molecular weight excluding hydrogens is 554 g/mol. The van der Waals surface area contributed by atoms with E-state index < -0.39 is 24.2 Å². The Bertz CT molecular complexity index is 1330. The van der Waals surface area contributed by atoms with Gasteiger partial charge < -0.3 is 25.6 Å². The van der Waals surface area contributed by atoms with Crippen LogP contribution in [0.5, 0.6) is 5.75 Å². The molecule has 0 aromatic heterocycles. The summed E-state index contributed by atoms with van der Waals surface area (Å²) in [6.45, 7) is 3.42. The number of aromatic hydroxyl groups is 1. The van der Waals surface area contributed by atoms with E-state index in [4.69, 9.17) is 15.2 Å². The van der Waals surface area contributed by atoms with E-state index in [1.54, 1.807) is 67.6 Å². The summed E-state index contributed by atoms with van der Waals surface area (Å²) in [5, 5.41) is 15.9. The molecule has 5 N–H and O–H groups in total. The molecule has 3 aromatic rings. The first-order valence-corrected chi connectivity index (χ1v) is 12.5. The van der Waals surface area contributed by atoms with Crippen molar-refractivity contribution in [2.24, 2.45) is 0 Å². The van der Waals surface area contributed by atoms with Crippen molar-refractivity contribution < 1.29 is 29.0 Å². The number of nitrogens with two attached hydrogens (primary N) is 1. The number of nitrogens with one attached hydrogen (secondary N) is 2. The average Bonchev–Trinajstić information content (AvgIpc) is 2.88. The van der Waals surface area contributed by atoms with E-state index in [0.29, 0.717) is 27.1 Å². The monoisotopic (exact) mass is 581 g/mol. The summed E-state index contributed by atoms with van der Waals surface area (Å²) in [5.41, 5.74) is 7.91. The smallest absolute Gasteiger partial charge is 0.412 e. The SMILES string of the molecule is CCO[C@H](/C=C/C(=O)Nc1ccccc1N)[C@H](OC(=O)Nc1ccc(C(C)=O)cc1)c1cc(Br)ccc1O. The summed E-state index contributed by atoms with van der Waals surface area (Å²) < 4.78 is 12.2. The molecular formula is C28H28BrN3O6. The zero-order chi connectivity index (χ0) is 27.7. The average molecular weight is 582 g/mol. The van der Waals surface area contributed by atoms with Crippen molar-refractivity contribution in [3.8, 4) is 5.75 Å². The zero-order valence-electron chi connectivity index (χ0n) is 20.8. The molecule has 9 nitrogen and oxygen atoms in total. The third-order valence-corrected chi connectivity index (χ3v) is 5.87. The van der Waals surface area contributed by atoms with E-state index in [2.05, 4.69) is 26.6 Å². The number of hydrogen-bond acceptors (Lipinski definition) is 7. The molecule has 0 aliphatic rings. The summed E-state index contributed by atoms with van der Waals surface area (Å²) in [7, 11) is 0. The van der Waals surface area contributed by atoms with Gasteiger partial charge in [-0.05, 0) is 74.5 Å². The molecule has 0 aliphatic carbocycles. The van der Waals surface area contributed by atoms with Gasteiger partial charge in [0.25, 0.3) is 0 Å². The van der Waals surface area contributed by atoms with Crippen LogP contribution in [0.15, 0.2) is 83.4 Å². The van der Waals surface area contributed by atoms with Crippen molar-refractivity contribution in [3.63, 3.8) is 0 Å². The second-order valence-electron chi connectivity index (χ2n) is 8.14. The number of benzene rings is 3. The lowest BCUT2D eigenvalue weighted by Gasteiger charge is -2.26. The van der Waals surface area contributed by atoms with E-state index in [9.17, 15) is 19.5 Å². The number of hydrogen-bond donors (Lipinski definition) is 4. The molecule has 0 aliphatic heterocycles. The highest BCUT2D eigenvalue weighted by Crippen LogP contribution is 2.34. The van der Waals surface area contributed by atoms with Crippen LogP contribution in [0.1, 0.15) is 35.9 Å². The number of halogens is 1. The molecule has 3 aromatic carbocycles. The molecule has 0 saturated heterocycles. The van der Waals surface area contributed by atoms with Gasteiger partial charge in [-0.3, -0.25) is 14.9 Å². The number of carbonyl (C=O) groups excluding carboxylic acids is 3. The van der Waals surface area contributed by atoms with Gasteiger partial charge in [0.15, 0.2) is 11.9 Å². The number of para-hydroxylation sites is 2. The fraction of sp³-hybridized carbons (Fsp3) is 0.179. The second-order valence-corrected chi connectivity index (χ2v) is 9.06. The predicted octanol–water partition coefficient (Wildman–Crippen LogP) is 5.83. The van der Waals surface area contributed by atoms with Crippen LogP contribution >= 0.6 is 15.9 Å². The molecule has 3 rings (SSSR count). The van der Waals surface area contributed by atoms with Gasteiger partial charge in [-0.25, -0.2) is 4.79 Å². The fourth-order valence-electron chi connectivity index (χ4n) is 3.52. The van der Waals surface area contributed by atoms with Crippen molar-refractivity contribution >= 4 is 50.8 Å². The summed E-state index contributed by atoms with van der Waals surface area (Å²) in [6, 6.07) is 17.8. The Hall–Kier alpha value is -4.15. The highest BCUT2D eigenvalue weighted by molar-refractivity contribution is 9.10. The fourth-order valence-corrected chi connectivity index (χ4v) is 3.89. The Morgan fingerprint density at radius 2 is 1.76 bits per heavy atom. The maximum atomic E-state index is 12.9. The van der Waals surface area contributed by atoms with Crippen molar-refractivity contribution in [3.05, 3.63) is 94.5 Å². The minimum absolute atomic E-state index is 0.102. The lowest BCUT2D eigenvalue weighted by molar-refractivity contribution is -0.112. The van der Waals surface area contributed by atoms with E-state index in [0.717, 1.165) is 0 Å². The van der Waals surface area contributed by atoms with Crippen molar-refractivity contribution in [2.75, 3.05) is 23.0 Å². The normalized spacial score (nSPS) is 12.5. The van der Waals surface area contributed by atoms with Crippen LogP contribution in [0.25, 0.3) is 0 Å². The first kappa shape index (κ1) is 28.4. The second kappa shape index (κ2) is 13.4. The molecule has 0 heterocycles. The Morgan fingerprint density at radius 3 is 2.42 bits per heavy atom. The van der Waals surface area contributed by atoms with Crippen LogP contribution in [0.2, 0.25) is 0 Å². The van der Waals surface area contributed by atoms with Crippen LogP contribution in [-0.4, -0.2) is 35.6 Å².